The Kier molecular flexibility index (Phi) is 5.96. The summed E-state index contributed by atoms with van der Waals surface area (Å²) in [5.74, 6) is 1.37. The van der Waals surface area contributed by atoms with Gasteiger partial charge in [0.25, 0.3) is 0 Å². The number of aromatic nitrogens is 3. The van der Waals surface area contributed by atoms with E-state index in [2.05, 4.69) is 48.4 Å². The van der Waals surface area contributed by atoms with Crippen molar-refractivity contribution >= 4 is 23.4 Å². The van der Waals surface area contributed by atoms with Crippen LogP contribution in [0, 0.1) is 13.8 Å². The number of thioether (sulfide) groups is 1. The van der Waals surface area contributed by atoms with E-state index in [9.17, 15) is 4.79 Å². The normalized spacial score (nSPS) is 11.0. The molecule has 2 aromatic carbocycles. The highest BCUT2D eigenvalue weighted by molar-refractivity contribution is 7.99. The van der Waals surface area contributed by atoms with E-state index in [1.165, 1.54) is 17.3 Å². The Hall–Kier alpha value is -2.60. The summed E-state index contributed by atoms with van der Waals surface area (Å²) in [5.41, 5.74) is 4.20. The highest BCUT2D eigenvalue weighted by Crippen LogP contribution is 2.25. The molecule has 0 saturated carbocycles. The molecule has 1 heterocycles. The van der Waals surface area contributed by atoms with Crippen molar-refractivity contribution in [1.82, 2.24) is 14.8 Å². The lowest BCUT2D eigenvalue weighted by Gasteiger charge is -2.13. The minimum atomic E-state index is -0.0517. The van der Waals surface area contributed by atoms with Crippen LogP contribution in [0.4, 0.5) is 5.69 Å². The van der Waals surface area contributed by atoms with Crippen LogP contribution in [0.25, 0.3) is 5.69 Å². The average molecular weight is 381 g/mol. The molecule has 140 valence electrons. The van der Waals surface area contributed by atoms with Gasteiger partial charge < -0.3 is 5.32 Å². The maximum absolute atomic E-state index is 12.5. The van der Waals surface area contributed by atoms with Crippen LogP contribution in [0.5, 0.6) is 0 Å². The topological polar surface area (TPSA) is 59.8 Å². The van der Waals surface area contributed by atoms with E-state index in [0.717, 1.165) is 22.8 Å². The number of hydrogen-bond acceptors (Lipinski definition) is 4. The number of amides is 1. The first-order valence-corrected chi connectivity index (χ1v) is 9.95. The molecule has 0 fully saturated rings. The lowest BCUT2D eigenvalue weighted by atomic mass is 10.0. The fraction of sp³-hybridized carbons (Fsp3) is 0.286. The van der Waals surface area contributed by atoms with Crippen molar-refractivity contribution in [2.45, 2.75) is 38.8 Å². The second kappa shape index (κ2) is 8.39. The Labute approximate surface area is 164 Å². The number of anilines is 1. The quantitative estimate of drug-likeness (QED) is 0.628. The van der Waals surface area contributed by atoms with Crippen molar-refractivity contribution in [2.75, 3.05) is 11.1 Å². The van der Waals surface area contributed by atoms with Crippen molar-refractivity contribution < 1.29 is 4.79 Å². The average Bonchev–Trinajstić information content (AvgIpc) is 3.01. The Morgan fingerprint density at radius 1 is 1.07 bits per heavy atom. The van der Waals surface area contributed by atoms with Gasteiger partial charge in [-0.3, -0.25) is 9.36 Å². The zero-order valence-electron chi connectivity index (χ0n) is 16.1. The summed E-state index contributed by atoms with van der Waals surface area (Å²) in [6.07, 6.45) is 0. The number of para-hydroxylation sites is 1. The fourth-order valence-corrected chi connectivity index (χ4v) is 3.66. The molecule has 6 heteroatoms. The number of rotatable bonds is 6. The van der Waals surface area contributed by atoms with Crippen LogP contribution >= 0.6 is 11.8 Å². The minimum absolute atomic E-state index is 0.0517. The minimum Gasteiger partial charge on any atom is -0.325 e. The first kappa shape index (κ1) is 19.2. The molecule has 3 aromatic rings. The molecule has 0 saturated heterocycles. The summed E-state index contributed by atoms with van der Waals surface area (Å²) in [5, 5.41) is 12.1. The van der Waals surface area contributed by atoms with Crippen molar-refractivity contribution in [3.63, 3.8) is 0 Å². The third-order valence-electron chi connectivity index (χ3n) is 4.28. The first-order valence-electron chi connectivity index (χ1n) is 8.96. The van der Waals surface area contributed by atoms with Gasteiger partial charge in [-0.25, -0.2) is 0 Å². The highest BCUT2D eigenvalue weighted by Gasteiger charge is 2.14. The highest BCUT2D eigenvalue weighted by atomic mass is 32.2. The van der Waals surface area contributed by atoms with E-state index in [0.29, 0.717) is 11.1 Å². The number of nitrogens with one attached hydrogen (secondary N) is 1. The van der Waals surface area contributed by atoms with Gasteiger partial charge in [-0.1, -0.05) is 61.5 Å². The number of carbonyl (C=O) groups excluding carboxylic acids is 1. The molecule has 0 aliphatic rings. The molecule has 0 aliphatic carbocycles. The Bertz CT molecular complexity index is 932. The van der Waals surface area contributed by atoms with Crippen molar-refractivity contribution in [1.29, 1.82) is 0 Å². The van der Waals surface area contributed by atoms with Crippen LogP contribution in [0.15, 0.2) is 53.7 Å². The zero-order valence-corrected chi connectivity index (χ0v) is 16.9. The van der Waals surface area contributed by atoms with Crippen molar-refractivity contribution in [2.24, 2.45) is 0 Å². The number of aryl methyl sites for hydroxylation is 2. The Morgan fingerprint density at radius 2 is 1.78 bits per heavy atom. The lowest BCUT2D eigenvalue weighted by Crippen LogP contribution is -2.16. The van der Waals surface area contributed by atoms with Gasteiger partial charge in [0.05, 0.1) is 5.75 Å². The predicted octanol–water partition coefficient (Wildman–Crippen LogP) is 4.74. The maximum Gasteiger partial charge on any atom is 0.234 e. The van der Waals surface area contributed by atoms with Gasteiger partial charge in [0.15, 0.2) is 5.16 Å². The molecule has 0 radical (unpaired) electrons. The van der Waals surface area contributed by atoms with Gasteiger partial charge in [0, 0.05) is 11.4 Å². The van der Waals surface area contributed by atoms with E-state index in [1.807, 2.05) is 47.9 Å². The third kappa shape index (κ3) is 4.57. The van der Waals surface area contributed by atoms with Crippen molar-refractivity contribution in [3.05, 3.63) is 65.5 Å². The smallest absolute Gasteiger partial charge is 0.234 e. The van der Waals surface area contributed by atoms with Crippen LogP contribution in [-0.4, -0.2) is 26.4 Å². The molecule has 0 unspecified atom stereocenters. The molecule has 5 nitrogen and oxygen atoms in total. The number of hydrogen-bond donors (Lipinski definition) is 1. The summed E-state index contributed by atoms with van der Waals surface area (Å²) in [4.78, 5) is 12.5. The van der Waals surface area contributed by atoms with Crippen LogP contribution in [0.1, 0.15) is 36.7 Å². The standard InChI is InChI=1S/C21H24N4OS/c1-14(2)18-7-5-6-8-19(18)22-20(26)13-27-21-24-23-16(4)25(21)17-11-9-15(3)10-12-17/h5-12,14H,13H2,1-4H3,(H,22,26). The van der Waals surface area contributed by atoms with Crippen LogP contribution in [0.3, 0.4) is 0 Å². The zero-order chi connectivity index (χ0) is 19.4. The van der Waals surface area contributed by atoms with Crippen LogP contribution in [0.2, 0.25) is 0 Å². The molecule has 0 aliphatic heterocycles. The molecular formula is C21H24N4OS. The summed E-state index contributed by atoms with van der Waals surface area (Å²) in [7, 11) is 0. The SMILES string of the molecule is Cc1ccc(-n2c(C)nnc2SCC(=O)Nc2ccccc2C(C)C)cc1. The largest absolute Gasteiger partial charge is 0.325 e. The number of benzene rings is 2. The molecule has 0 atom stereocenters. The van der Waals surface area contributed by atoms with Crippen LogP contribution < -0.4 is 5.32 Å². The third-order valence-corrected chi connectivity index (χ3v) is 5.21. The van der Waals surface area contributed by atoms with Gasteiger partial charge in [-0.2, -0.15) is 0 Å². The molecule has 0 bridgehead atoms. The summed E-state index contributed by atoms with van der Waals surface area (Å²) < 4.78 is 1.97. The van der Waals surface area contributed by atoms with E-state index < -0.39 is 0 Å². The summed E-state index contributed by atoms with van der Waals surface area (Å²) in [6.45, 7) is 8.20. The van der Waals surface area contributed by atoms with Gasteiger partial charge in [-0.05, 0) is 43.5 Å². The molecular weight excluding hydrogens is 356 g/mol. The van der Waals surface area contributed by atoms with Gasteiger partial charge in [0.2, 0.25) is 5.91 Å². The molecule has 1 amide bonds. The lowest BCUT2D eigenvalue weighted by molar-refractivity contribution is -0.113. The number of carbonyl (C=O) groups is 1. The maximum atomic E-state index is 12.5. The van der Waals surface area contributed by atoms with Crippen molar-refractivity contribution in [3.8, 4) is 5.69 Å². The van der Waals surface area contributed by atoms with Crippen LogP contribution in [-0.2, 0) is 4.79 Å². The first-order chi connectivity index (χ1) is 13.0. The van der Waals surface area contributed by atoms with E-state index in [1.54, 1.807) is 0 Å². The molecule has 1 aromatic heterocycles. The van der Waals surface area contributed by atoms with Gasteiger partial charge in [0.1, 0.15) is 5.82 Å². The van der Waals surface area contributed by atoms with Gasteiger partial charge in [-0.15, -0.1) is 10.2 Å². The molecule has 0 spiro atoms. The molecule has 1 N–H and O–H groups in total. The van der Waals surface area contributed by atoms with Gasteiger partial charge >= 0.3 is 0 Å². The summed E-state index contributed by atoms with van der Waals surface area (Å²) in [6, 6.07) is 16.1. The molecule has 27 heavy (non-hydrogen) atoms. The number of nitrogens with zero attached hydrogens (tertiary/aromatic N) is 3. The van der Waals surface area contributed by atoms with E-state index >= 15 is 0 Å². The fourth-order valence-electron chi connectivity index (χ4n) is 2.86. The Balaban J connectivity index is 1.71. The molecule has 3 rings (SSSR count). The summed E-state index contributed by atoms with van der Waals surface area (Å²) >= 11 is 1.39. The van der Waals surface area contributed by atoms with E-state index in [4.69, 9.17) is 0 Å². The van der Waals surface area contributed by atoms with E-state index in [-0.39, 0.29) is 11.7 Å². The predicted molar refractivity (Wildman–Crippen MR) is 111 cm³/mol. The monoisotopic (exact) mass is 380 g/mol. The second-order valence-electron chi connectivity index (χ2n) is 6.78. The second-order valence-corrected chi connectivity index (χ2v) is 7.72. The Morgan fingerprint density at radius 3 is 2.48 bits per heavy atom.